The van der Waals surface area contributed by atoms with Crippen molar-refractivity contribution in [2.75, 3.05) is 4.90 Å². The number of anilines is 1. The summed E-state index contributed by atoms with van der Waals surface area (Å²) >= 11 is 0. The van der Waals surface area contributed by atoms with Gasteiger partial charge in [-0.25, -0.2) is 9.67 Å². The number of hydrogen-bond acceptors (Lipinski definition) is 4. The van der Waals surface area contributed by atoms with Gasteiger partial charge < -0.3 is 9.32 Å². The smallest absolute Gasteiger partial charge is 0.260 e. The molecule has 0 saturated heterocycles. The van der Waals surface area contributed by atoms with E-state index in [1.54, 1.807) is 17.4 Å². The number of hydrogen-bond donors (Lipinski definition) is 0. The van der Waals surface area contributed by atoms with E-state index in [9.17, 15) is 4.79 Å². The lowest BCUT2D eigenvalue weighted by Gasteiger charge is -2.22. The molecule has 0 unspecified atom stereocenters. The van der Waals surface area contributed by atoms with Crippen LogP contribution in [0.25, 0.3) is 11.0 Å². The molecule has 0 fully saturated rings. The summed E-state index contributed by atoms with van der Waals surface area (Å²) in [5.41, 5.74) is 2.84. The minimum Gasteiger partial charge on any atom is -0.467 e. The zero-order chi connectivity index (χ0) is 19.7. The van der Waals surface area contributed by atoms with E-state index in [1.807, 2.05) is 60.1 Å². The number of para-hydroxylation sites is 1. The zero-order valence-corrected chi connectivity index (χ0v) is 16.2. The normalized spacial score (nSPS) is 11.3. The Labute approximate surface area is 163 Å². The van der Waals surface area contributed by atoms with Crippen LogP contribution in [0.2, 0.25) is 0 Å². The second-order valence-electron chi connectivity index (χ2n) is 7.02. The van der Waals surface area contributed by atoms with Gasteiger partial charge in [0.1, 0.15) is 5.76 Å². The highest BCUT2D eigenvalue weighted by atomic mass is 16.3. The first-order valence-electron chi connectivity index (χ1n) is 9.28. The lowest BCUT2D eigenvalue weighted by atomic mass is 10.1. The quantitative estimate of drug-likeness (QED) is 0.505. The number of carbonyl (C=O) groups is 1. The van der Waals surface area contributed by atoms with Gasteiger partial charge in [0, 0.05) is 17.1 Å². The maximum atomic E-state index is 13.5. The number of nitrogens with zero attached hydrogens (tertiary/aromatic N) is 4. The summed E-state index contributed by atoms with van der Waals surface area (Å²) in [6.45, 7) is 6.32. The molecule has 0 spiro atoms. The molecule has 0 atom stereocenters. The standard InChI is InChI=1S/C22H22N4O2/c1-15(2)26-21-17(13-23-26)12-20(16(3)24-21)22(27)25(14-19-10-7-11-28-19)18-8-5-4-6-9-18/h4-13,15H,14H2,1-3H3. The van der Waals surface area contributed by atoms with Crippen LogP contribution in [0.3, 0.4) is 0 Å². The van der Waals surface area contributed by atoms with Crippen LogP contribution in [0.4, 0.5) is 5.69 Å². The highest BCUT2D eigenvalue weighted by Crippen LogP contribution is 2.24. The molecule has 1 amide bonds. The number of rotatable bonds is 5. The SMILES string of the molecule is Cc1nc2c(cnn2C(C)C)cc1C(=O)N(Cc1ccco1)c1ccccc1. The molecule has 3 aromatic heterocycles. The average molecular weight is 374 g/mol. The fourth-order valence-electron chi connectivity index (χ4n) is 3.25. The van der Waals surface area contributed by atoms with Crippen molar-refractivity contribution in [1.82, 2.24) is 14.8 Å². The van der Waals surface area contributed by atoms with Crippen LogP contribution in [0, 0.1) is 6.92 Å². The molecule has 1 aromatic carbocycles. The summed E-state index contributed by atoms with van der Waals surface area (Å²) in [4.78, 5) is 19.9. The van der Waals surface area contributed by atoms with Crippen LogP contribution in [0.1, 0.15) is 41.7 Å². The van der Waals surface area contributed by atoms with Crippen LogP contribution >= 0.6 is 0 Å². The number of carbonyl (C=O) groups excluding carboxylic acids is 1. The number of aromatic nitrogens is 3. The predicted octanol–water partition coefficient (Wildman–Crippen LogP) is 4.76. The zero-order valence-electron chi connectivity index (χ0n) is 16.2. The van der Waals surface area contributed by atoms with Gasteiger partial charge in [0.2, 0.25) is 0 Å². The van der Waals surface area contributed by atoms with Gasteiger partial charge in [-0.1, -0.05) is 18.2 Å². The molecule has 0 radical (unpaired) electrons. The first kappa shape index (κ1) is 18.0. The molecule has 28 heavy (non-hydrogen) atoms. The van der Waals surface area contributed by atoms with Crippen molar-refractivity contribution >= 4 is 22.6 Å². The molecular formula is C22H22N4O2. The summed E-state index contributed by atoms with van der Waals surface area (Å²) in [6.07, 6.45) is 3.38. The Morgan fingerprint density at radius 2 is 1.96 bits per heavy atom. The fourth-order valence-corrected chi connectivity index (χ4v) is 3.25. The summed E-state index contributed by atoms with van der Waals surface area (Å²) in [5.74, 6) is 0.600. The molecule has 0 aliphatic heterocycles. The molecule has 6 nitrogen and oxygen atoms in total. The molecule has 0 bridgehead atoms. The molecule has 4 rings (SSSR count). The Balaban J connectivity index is 1.77. The van der Waals surface area contributed by atoms with E-state index < -0.39 is 0 Å². The van der Waals surface area contributed by atoms with Crippen molar-refractivity contribution < 1.29 is 9.21 Å². The highest BCUT2D eigenvalue weighted by Gasteiger charge is 2.23. The van der Waals surface area contributed by atoms with Crippen LogP contribution in [-0.2, 0) is 6.54 Å². The third kappa shape index (κ3) is 3.29. The maximum absolute atomic E-state index is 13.5. The second-order valence-corrected chi connectivity index (χ2v) is 7.02. The lowest BCUT2D eigenvalue weighted by molar-refractivity contribution is 0.0982. The van der Waals surface area contributed by atoms with Crippen molar-refractivity contribution in [1.29, 1.82) is 0 Å². The third-order valence-corrected chi connectivity index (χ3v) is 4.69. The minimum atomic E-state index is -0.119. The number of fused-ring (bicyclic) bond motifs is 1. The monoisotopic (exact) mass is 374 g/mol. The fraction of sp³-hybridized carbons (Fsp3) is 0.227. The largest absolute Gasteiger partial charge is 0.467 e. The van der Waals surface area contributed by atoms with Crippen molar-refractivity contribution in [3.63, 3.8) is 0 Å². The molecular weight excluding hydrogens is 352 g/mol. The minimum absolute atomic E-state index is 0.119. The summed E-state index contributed by atoms with van der Waals surface area (Å²) in [6, 6.07) is 15.4. The van der Waals surface area contributed by atoms with E-state index in [-0.39, 0.29) is 11.9 Å². The topological polar surface area (TPSA) is 64.2 Å². The number of aryl methyl sites for hydroxylation is 1. The van der Waals surface area contributed by atoms with E-state index >= 15 is 0 Å². The van der Waals surface area contributed by atoms with Crippen LogP contribution < -0.4 is 4.90 Å². The molecule has 142 valence electrons. The van der Waals surface area contributed by atoms with Gasteiger partial charge in [-0.2, -0.15) is 5.10 Å². The highest BCUT2D eigenvalue weighted by molar-refractivity contribution is 6.08. The Morgan fingerprint density at radius 1 is 1.18 bits per heavy atom. The first-order chi connectivity index (χ1) is 13.5. The van der Waals surface area contributed by atoms with Crippen LogP contribution in [-0.4, -0.2) is 20.7 Å². The lowest BCUT2D eigenvalue weighted by Crippen LogP contribution is -2.31. The van der Waals surface area contributed by atoms with E-state index in [2.05, 4.69) is 23.9 Å². The summed E-state index contributed by atoms with van der Waals surface area (Å²) < 4.78 is 7.35. The van der Waals surface area contributed by atoms with E-state index in [0.29, 0.717) is 17.8 Å². The van der Waals surface area contributed by atoms with Crippen molar-refractivity contribution in [2.24, 2.45) is 0 Å². The van der Waals surface area contributed by atoms with Gasteiger partial charge in [0.05, 0.1) is 30.3 Å². The van der Waals surface area contributed by atoms with Crippen molar-refractivity contribution in [3.8, 4) is 0 Å². The van der Waals surface area contributed by atoms with E-state index in [0.717, 1.165) is 22.5 Å². The molecule has 0 N–H and O–H groups in total. The third-order valence-electron chi connectivity index (χ3n) is 4.69. The van der Waals surface area contributed by atoms with E-state index in [4.69, 9.17) is 4.42 Å². The molecule has 0 saturated carbocycles. The Hall–Kier alpha value is -3.41. The van der Waals surface area contributed by atoms with Gasteiger partial charge >= 0.3 is 0 Å². The maximum Gasteiger partial charge on any atom is 0.260 e. The summed E-state index contributed by atoms with van der Waals surface area (Å²) in [5, 5.41) is 5.27. The number of benzene rings is 1. The van der Waals surface area contributed by atoms with E-state index in [1.165, 1.54) is 0 Å². The van der Waals surface area contributed by atoms with Crippen molar-refractivity contribution in [3.05, 3.63) is 78.0 Å². The molecule has 6 heteroatoms. The Bertz CT molecular complexity index is 1100. The number of furan rings is 1. The van der Waals surface area contributed by atoms with Crippen LogP contribution in [0.15, 0.2) is 65.4 Å². The van der Waals surface area contributed by atoms with Gasteiger partial charge in [-0.15, -0.1) is 0 Å². The van der Waals surface area contributed by atoms with Gasteiger partial charge in [0.25, 0.3) is 5.91 Å². The predicted molar refractivity (Wildman–Crippen MR) is 108 cm³/mol. The van der Waals surface area contributed by atoms with Gasteiger partial charge in [0.15, 0.2) is 5.65 Å². The van der Waals surface area contributed by atoms with Crippen molar-refractivity contribution in [2.45, 2.75) is 33.4 Å². The molecule has 0 aliphatic carbocycles. The first-order valence-corrected chi connectivity index (χ1v) is 9.28. The van der Waals surface area contributed by atoms with Gasteiger partial charge in [-0.05, 0) is 51.1 Å². The number of amides is 1. The molecule has 3 heterocycles. The molecule has 4 aromatic rings. The second kappa shape index (κ2) is 7.31. The van der Waals surface area contributed by atoms with Crippen LogP contribution in [0.5, 0.6) is 0 Å². The molecule has 0 aliphatic rings. The summed E-state index contributed by atoms with van der Waals surface area (Å²) in [7, 11) is 0. The van der Waals surface area contributed by atoms with Gasteiger partial charge in [-0.3, -0.25) is 4.79 Å². The Morgan fingerprint density at radius 3 is 2.64 bits per heavy atom. The Kier molecular flexibility index (Phi) is 4.69. The number of pyridine rings is 1. The average Bonchev–Trinajstić information content (AvgIpc) is 3.35.